The summed E-state index contributed by atoms with van der Waals surface area (Å²) in [5.41, 5.74) is 4.14. The maximum atomic E-state index is 12.4. The van der Waals surface area contributed by atoms with Gasteiger partial charge in [-0.1, -0.05) is 36.4 Å². The highest BCUT2D eigenvalue weighted by Crippen LogP contribution is 2.18. The average molecular weight is 398 g/mol. The van der Waals surface area contributed by atoms with E-state index in [1.54, 1.807) is 24.3 Å². The monoisotopic (exact) mass is 398 g/mol. The molecule has 4 rings (SSSR count). The fourth-order valence-corrected chi connectivity index (χ4v) is 3.27. The number of aromatic nitrogens is 1. The van der Waals surface area contributed by atoms with Gasteiger partial charge < -0.3 is 20.9 Å². The Kier molecular flexibility index (Phi) is 5.75. The first kappa shape index (κ1) is 19.3. The standard InChI is InChI=1S/C24H22N4O2/c29-23(25-15-14-18-16-26-22-9-5-4-8-21(18)22)17-10-12-20(13-11-17)28-24(30)27-19-6-2-1-3-7-19/h1-13,16,26H,14-15H2,(H,25,29)(H2,27,28,30). The van der Waals surface area contributed by atoms with Gasteiger partial charge in [0, 0.05) is 40.6 Å². The van der Waals surface area contributed by atoms with Crippen LogP contribution in [0.15, 0.2) is 85.1 Å². The van der Waals surface area contributed by atoms with Crippen molar-refractivity contribution in [1.29, 1.82) is 0 Å². The fraction of sp³-hybridized carbons (Fsp3) is 0.0833. The lowest BCUT2D eigenvalue weighted by atomic mass is 10.1. The largest absolute Gasteiger partial charge is 0.361 e. The Balaban J connectivity index is 1.28. The third-order valence-corrected chi connectivity index (χ3v) is 4.79. The topological polar surface area (TPSA) is 86.0 Å². The molecule has 0 spiro atoms. The summed E-state index contributed by atoms with van der Waals surface area (Å²) in [6.07, 6.45) is 2.73. The van der Waals surface area contributed by atoms with Gasteiger partial charge in [-0.3, -0.25) is 4.79 Å². The Morgan fingerprint density at radius 2 is 1.43 bits per heavy atom. The first-order chi connectivity index (χ1) is 14.7. The molecule has 1 aromatic heterocycles. The minimum Gasteiger partial charge on any atom is -0.361 e. The normalized spacial score (nSPS) is 10.5. The second kappa shape index (κ2) is 8.96. The third kappa shape index (κ3) is 4.67. The maximum Gasteiger partial charge on any atom is 0.323 e. The summed E-state index contributed by atoms with van der Waals surface area (Å²) in [5.74, 6) is -0.143. The zero-order valence-corrected chi connectivity index (χ0v) is 16.3. The molecule has 150 valence electrons. The number of carbonyl (C=O) groups is 2. The molecule has 6 nitrogen and oxygen atoms in total. The predicted molar refractivity (Wildman–Crippen MR) is 120 cm³/mol. The highest BCUT2D eigenvalue weighted by molar-refractivity contribution is 6.00. The molecule has 3 aromatic carbocycles. The van der Waals surface area contributed by atoms with E-state index in [0.29, 0.717) is 23.5 Å². The van der Waals surface area contributed by atoms with Crippen molar-refractivity contribution in [3.05, 3.63) is 96.2 Å². The molecule has 1 heterocycles. The second-order valence-electron chi connectivity index (χ2n) is 6.89. The van der Waals surface area contributed by atoms with Crippen LogP contribution in [0.25, 0.3) is 10.9 Å². The van der Waals surface area contributed by atoms with Crippen molar-refractivity contribution in [1.82, 2.24) is 10.3 Å². The van der Waals surface area contributed by atoms with Crippen LogP contribution in [0.5, 0.6) is 0 Å². The molecule has 0 saturated carbocycles. The molecule has 0 unspecified atom stereocenters. The quantitative estimate of drug-likeness (QED) is 0.377. The number of anilines is 2. The van der Waals surface area contributed by atoms with E-state index in [4.69, 9.17) is 0 Å². The smallest absolute Gasteiger partial charge is 0.323 e. The van der Waals surface area contributed by atoms with E-state index in [9.17, 15) is 9.59 Å². The molecule has 0 atom stereocenters. The summed E-state index contributed by atoms with van der Waals surface area (Å²) < 4.78 is 0. The van der Waals surface area contributed by atoms with E-state index in [-0.39, 0.29) is 11.9 Å². The molecule has 0 aliphatic heterocycles. The number of urea groups is 1. The fourth-order valence-electron chi connectivity index (χ4n) is 3.27. The van der Waals surface area contributed by atoms with E-state index < -0.39 is 0 Å². The van der Waals surface area contributed by atoms with Crippen molar-refractivity contribution in [2.24, 2.45) is 0 Å². The molecule has 30 heavy (non-hydrogen) atoms. The van der Waals surface area contributed by atoms with Crippen LogP contribution in [0.1, 0.15) is 15.9 Å². The van der Waals surface area contributed by atoms with Crippen LogP contribution in [0, 0.1) is 0 Å². The third-order valence-electron chi connectivity index (χ3n) is 4.79. The molecular formula is C24H22N4O2. The van der Waals surface area contributed by atoms with Gasteiger partial charge >= 0.3 is 6.03 Å². The summed E-state index contributed by atoms with van der Waals surface area (Å²) in [6, 6.07) is 23.8. The molecule has 3 amide bonds. The van der Waals surface area contributed by atoms with E-state index >= 15 is 0 Å². The Bertz CT molecular complexity index is 1150. The van der Waals surface area contributed by atoms with Gasteiger partial charge in [-0.2, -0.15) is 0 Å². The van der Waals surface area contributed by atoms with Gasteiger partial charge in [0.05, 0.1) is 0 Å². The van der Waals surface area contributed by atoms with E-state index in [2.05, 4.69) is 27.0 Å². The van der Waals surface area contributed by atoms with Crippen LogP contribution in [0.2, 0.25) is 0 Å². The molecule has 4 N–H and O–H groups in total. The number of nitrogens with one attached hydrogen (secondary N) is 4. The van der Waals surface area contributed by atoms with E-state index in [1.807, 2.05) is 54.7 Å². The Morgan fingerprint density at radius 1 is 0.767 bits per heavy atom. The average Bonchev–Trinajstić information content (AvgIpc) is 3.18. The van der Waals surface area contributed by atoms with Crippen molar-refractivity contribution in [2.45, 2.75) is 6.42 Å². The SMILES string of the molecule is O=C(Nc1ccccc1)Nc1ccc(C(=O)NCCc2c[nH]c3ccccc23)cc1. The highest BCUT2D eigenvalue weighted by atomic mass is 16.2. The van der Waals surface area contributed by atoms with Crippen molar-refractivity contribution in [3.8, 4) is 0 Å². The van der Waals surface area contributed by atoms with Gasteiger partial charge in [-0.25, -0.2) is 4.79 Å². The molecule has 0 fully saturated rings. The Morgan fingerprint density at radius 3 is 2.20 bits per heavy atom. The lowest BCUT2D eigenvalue weighted by molar-refractivity contribution is 0.0954. The number of para-hydroxylation sites is 2. The summed E-state index contributed by atoms with van der Waals surface area (Å²) >= 11 is 0. The van der Waals surface area contributed by atoms with Crippen LogP contribution in [-0.4, -0.2) is 23.5 Å². The maximum absolute atomic E-state index is 12.4. The summed E-state index contributed by atoms with van der Waals surface area (Å²) in [6.45, 7) is 0.542. The van der Waals surface area contributed by atoms with E-state index in [0.717, 1.165) is 11.9 Å². The first-order valence-corrected chi connectivity index (χ1v) is 9.75. The number of aromatic amines is 1. The van der Waals surface area contributed by atoms with Gasteiger partial charge in [-0.05, 0) is 54.4 Å². The lowest BCUT2D eigenvalue weighted by Crippen LogP contribution is -2.25. The zero-order valence-electron chi connectivity index (χ0n) is 16.3. The number of fused-ring (bicyclic) bond motifs is 1. The Labute approximate surface area is 174 Å². The molecule has 6 heteroatoms. The van der Waals surface area contributed by atoms with Crippen LogP contribution in [0.3, 0.4) is 0 Å². The minimum absolute atomic E-state index is 0.143. The molecule has 0 bridgehead atoms. The summed E-state index contributed by atoms with van der Waals surface area (Å²) in [7, 11) is 0. The summed E-state index contributed by atoms with van der Waals surface area (Å²) in [5, 5.41) is 9.62. The number of hydrogen-bond acceptors (Lipinski definition) is 2. The molecule has 0 aliphatic rings. The number of rotatable bonds is 6. The van der Waals surface area contributed by atoms with Gasteiger partial charge in [0.2, 0.25) is 0 Å². The van der Waals surface area contributed by atoms with E-state index in [1.165, 1.54) is 10.9 Å². The molecule has 0 aliphatic carbocycles. The predicted octanol–water partition coefficient (Wildman–Crippen LogP) is 4.78. The van der Waals surface area contributed by atoms with Gasteiger partial charge in [-0.15, -0.1) is 0 Å². The van der Waals surface area contributed by atoms with Crippen LogP contribution in [-0.2, 0) is 6.42 Å². The Hall–Kier alpha value is -4.06. The molecule has 4 aromatic rings. The number of H-pyrrole nitrogens is 1. The number of benzene rings is 3. The molecule has 0 radical (unpaired) electrons. The molecule has 0 saturated heterocycles. The second-order valence-corrected chi connectivity index (χ2v) is 6.89. The van der Waals surface area contributed by atoms with Crippen LogP contribution >= 0.6 is 0 Å². The van der Waals surface area contributed by atoms with Gasteiger partial charge in [0.1, 0.15) is 0 Å². The van der Waals surface area contributed by atoms with Crippen LogP contribution < -0.4 is 16.0 Å². The van der Waals surface area contributed by atoms with Crippen molar-refractivity contribution >= 4 is 34.2 Å². The first-order valence-electron chi connectivity index (χ1n) is 9.75. The number of carbonyl (C=O) groups excluding carboxylic acids is 2. The number of amides is 3. The van der Waals surface area contributed by atoms with Gasteiger partial charge in [0.25, 0.3) is 5.91 Å². The minimum atomic E-state index is -0.336. The zero-order chi connectivity index (χ0) is 20.8. The van der Waals surface area contributed by atoms with Crippen molar-refractivity contribution < 1.29 is 9.59 Å². The van der Waals surface area contributed by atoms with Gasteiger partial charge in [0.15, 0.2) is 0 Å². The highest BCUT2D eigenvalue weighted by Gasteiger charge is 2.08. The van der Waals surface area contributed by atoms with Crippen molar-refractivity contribution in [3.63, 3.8) is 0 Å². The number of hydrogen-bond donors (Lipinski definition) is 4. The lowest BCUT2D eigenvalue weighted by Gasteiger charge is -2.09. The molecular weight excluding hydrogens is 376 g/mol. The van der Waals surface area contributed by atoms with Crippen molar-refractivity contribution in [2.75, 3.05) is 17.2 Å². The van der Waals surface area contributed by atoms with Crippen LogP contribution in [0.4, 0.5) is 16.2 Å². The summed E-state index contributed by atoms with van der Waals surface area (Å²) in [4.78, 5) is 27.7.